The highest BCUT2D eigenvalue weighted by Gasteiger charge is 2.46. The lowest BCUT2D eigenvalue weighted by molar-refractivity contribution is -0.138. The Labute approximate surface area is 178 Å². The molecule has 1 aliphatic carbocycles. The molecule has 3 aromatic rings. The van der Waals surface area contributed by atoms with Gasteiger partial charge in [0.15, 0.2) is 4.34 Å². The Balaban J connectivity index is 1.46. The van der Waals surface area contributed by atoms with Gasteiger partial charge in [-0.1, -0.05) is 42.4 Å². The van der Waals surface area contributed by atoms with Crippen LogP contribution in [0, 0.1) is 0 Å². The normalized spacial score (nSPS) is 24.3. The van der Waals surface area contributed by atoms with Gasteiger partial charge in [-0.2, -0.15) is 0 Å². The summed E-state index contributed by atoms with van der Waals surface area (Å²) in [6.07, 6.45) is 3.65. The summed E-state index contributed by atoms with van der Waals surface area (Å²) in [5.74, 6) is 0.285. The quantitative estimate of drug-likeness (QED) is 0.507. The van der Waals surface area contributed by atoms with Crippen molar-refractivity contribution in [3.05, 3.63) is 52.5 Å². The summed E-state index contributed by atoms with van der Waals surface area (Å²) in [4.78, 5) is 20.1. The van der Waals surface area contributed by atoms with Crippen molar-refractivity contribution in [1.82, 2.24) is 9.88 Å². The zero-order valence-corrected chi connectivity index (χ0v) is 18.3. The van der Waals surface area contributed by atoms with Crippen molar-refractivity contribution in [2.75, 3.05) is 7.05 Å². The molecular weight excluding hydrogens is 408 g/mol. The van der Waals surface area contributed by atoms with E-state index in [2.05, 4.69) is 31.2 Å². The van der Waals surface area contributed by atoms with E-state index in [-0.39, 0.29) is 11.3 Å². The van der Waals surface area contributed by atoms with Gasteiger partial charge in [-0.25, -0.2) is 4.98 Å². The summed E-state index contributed by atoms with van der Waals surface area (Å²) >= 11 is 9.67. The molecule has 0 spiro atoms. The highest BCUT2D eigenvalue weighted by Crippen LogP contribution is 2.47. The fraction of sp³-hybridized carbons (Fsp3) is 0.364. The summed E-state index contributed by atoms with van der Waals surface area (Å²) in [6, 6.07) is 13.1. The van der Waals surface area contributed by atoms with E-state index < -0.39 is 0 Å². The van der Waals surface area contributed by atoms with Crippen LogP contribution in [0.3, 0.4) is 0 Å². The van der Waals surface area contributed by atoms with Gasteiger partial charge in [0.1, 0.15) is 5.52 Å². The van der Waals surface area contributed by atoms with E-state index in [1.807, 2.05) is 24.1 Å². The number of likely N-dealkylation sites (N-methyl/N-ethyl adjacent to an activating group) is 1. The second-order valence-electron chi connectivity index (χ2n) is 7.96. The van der Waals surface area contributed by atoms with Gasteiger partial charge in [0, 0.05) is 29.8 Å². The Hall–Kier alpha value is -1.56. The number of benzene rings is 2. The second kappa shape index (κ2) is 6.75. The zero-order chi connectivity index (χ0) is 19.5. The third-order valence-corrected chi connectivity index (χ3v) is 8.76. The fourth-order valence-electron chi connectivity index (χ4n) is 4.87. The Kier molecular flexibility index (Phi) is 4.45. The van der Waals surface area contributed by atoms with Crippen LogP contribution in [0.1, 0.15) is 37.3 Å². The van der Waals surface area contributed by atoms with Gasteiger partial charge in [0.2, 0.25) is 5.91 Å². The lowest BCUT2D eigenvalue weighted by Gasteiger charge is -2.50. The third-order valence-electron chi connectivity index (χ3n) is 6.39. The lowest BCUT2D eigenvalue weighted by Crippen LogP contribution is -2.56. The molecule has 5 rings (SSSR count). The first-order chi connectivity index (χ1) is 13.5. The number of hydrogen-bond donors (Lipinski definition) is 0. The fourth-order valence-corrected chi connectivity index (χ4v) is 7.26. The maximum Gasteiger partial charge on any atom is 0.222 e. The predicted molar refractivity (Wildman–Crippen MR) is 117 cm³/mol. The number of piperidine rings is 1. The number of likely N-dealkylation sites (tertiary alicyclic amines) is 1. The van der Waals surface area contributed by atoms with Gasteiger partial charge in [0.05, 0.1) is 9.72 Å². The van der Waals surface area contributed by atoms with E-state index in [0.29, 0.717) is 17.5 Å². The van der Waals surface area contributed by atoms with E-state index in [1.165, 1.54) is 16.0 Å². The van der Waals surface area contributed by atoms with Crippen LogP contribution in [0.15, 0.2) is 45.6 Å². The monoisotopic (exact) mass is 428 g/mol. The number of halogens is 1. The molecular formula is C22H21ClN2OS2. The minimum absolute atomic E-state index is 0.0584. The van der Waals surface area contributed by atoms with Crippen molar-refractivity contribution in [2.24, 2.45) is 0 Å². The van der Waals surface area contributed by atoms with Gasteiger partial charge in [-0.05, 0) is 54.7 Å². The molecule has 0 radical (unpaired) electrons. The van der Waals surface area contributed by atoms with Crippen LogP contribution >= 0.6 is 34.7 Å². The molecule has 0 bridgehead atoms. The molecule has 2 heterocycles. The van der Waals surface area contributed by atoms with Crippen molar-refractivity contribution in [3.63, 3.8) is 0 Å². The molecule has 0 N–H and O–H groups in total. The molecule has 1 amide bonds. The minimum Gasteiger partial charge on any atom is -0.342 e. The number of carbonyl (C=O) groups is 1. The van der Waals surface area contributed by atoms with Crippen molar-refractivity contribution < 1.29 is 4.79 Å². The van der Waals surface area contributed by atoms with Gasteiger partial charge in [-0.15, -0.1) is 11.3 Å². The standard InChI is InChI=1S/C22H21ClN2OS2/c1-22-11-10-19(26)25(2)18(22)9-6-13-12-14(7-8-15(13)22)27-21-24-20-16(23)4-3-5-17(20)28-21/h3-5,7-8,12,18H,6,9-11H2,1-2H3/t18?,22-/m1/s1. The smallest absolute Gasteiger partial charge is 0.222 e. The number of carbonyl (C=O) groups excluding carboxylic acids is 1. The topological polar surface area (TPSA) is 33.2 Å². The van der Waals surface area contributed by atoms with Crippen LogP contribution in [0.25, 0.3) is 10.2 Å². The summed E-state index contributed by atoms with van der Waals surface area (Å²) in [7, 11) is 1.97. The Morgan fingerprint density at radius 3 is 2.96 bits per heavy atom. The molecule has 1 aliphatic heterocycles. The molecule has 6 heteroatoms. The van der Waals surface area contributed by atoms with Crippen LogP contribution in [0.2, 0.25) is 5.02 Å². The van der Waals surface area contributed by atoms with E-state index in [0.717, 1.165) is 33.8 Å². The number of amides is 1. The summed E-state index contributed by atoms with van der Waals surface area (Å²) in [5, 5.41) is 0.709. The van der Waals surface area contributed by atoms with E-state index in [9.17, 15) is 4.79 Å². The van der Waals surface area contributed by atoms with E-state index in [4.69, 9.17) is 16.6 Å². The van der Waals surface area contributed by atoms with E-state index in [1.54, 1.807) is 23.1 Å². The molecule has 1 fully saturated rings. The van der Waals surface area contributed by atoms with Gasteiger partial charge < -0.3 is 4.90 Å². The number of rotatable bonds is 2. The zero-order valence-electron chi connectivity index (χ0n) is 15.9. The number of nitrogens with zero attached hydrogens (tertiary/aromatic N) is 2. The average molecular weight is 429 g/mol. The average Bonchev–Trinajstić information content (AvgIpc) is 3.09. The summed E-state index contributed by atoms with van der Waals surface area (Å²) in [6.45, 7) is 2.33. The third kappa shape index (κ3) is 2.87. The minimum atomic E-state index is 0.0584. The molecule has 2 atom stereocenters. The summed E-state index contributed by atoms with van der Waals surface area (Å²) in [5.41, 5.74) is 3.79. The second-order valence-corrected chi connectivity index (χ2v) is 10.7. The van der Waals surface area contributed by atoms with Crippen molar-refractivity contribution in [1.29, 1.82) is 0 Å². The van der Waals surface area contributed by atoms with Crippen LogP contribution in [-0.2, 0) is 16.6 Å². The SMILES string of the molecule is CN1C(=O)CC[C@]2(C)c3ccc(Sc4nc5c(Cl)cccc5s4)cc3CCC12. The number of hydrogen-bond acceptors (Lipinski definition) is 4. The number of aromatic nitrogens is 1. The molecule has 2 aliphatic rings. The molecule has 1 saturated heterocycles. The molecule has 0 saturated carbocycles. The molecule has 1 aromatic heterocycles. The van der Waals surface area contributed by atoms with Crippen molar-refractivity contribution in [2.45, 2.75) is 53.3 Å². The first kappa shape index (κ1) is 18.5. The number of aryl methyl sites for hydroxylation is 1. The van der Waals surface area contributed by atoms with Crippen LogP contribution < -0.4 is 0 Å². The Bertz CT molecular complexity index is 1100. The number of para-hydroxylation sites is 1. The molecule has 28 heavy (non-hydrogen) atoms. The van der Waals surface area contributed by atoms with Gasteiger partial charge >= 0.3 is 0 Å². The van der Waals surface area contributed by atoms with Crippen molar-refractivity contribution in [3.8, 4) is 0 Å². The first-order valence-corrected chi connectivity index (χ1v) is 11.6. The maximum absolute atomic E-state index is 12.2. The van der Waals surface area contributed by atoms with Crippen molar-refractivity contribution >= 4 is 50.8 Å². The molecule has 2 aromatic carbocycles. The molecule has 1 unspecified atom stereocenters. The van der Waals surface area contributed by atoms with Crippen LogP contribution in [0.4, 0.5) is 0 Å². The molecule has 3 nitrogen and oxygen atoms in total. The lowest BCUT2D eigenvalue weighted by atomic mass is 9.63. The van der Waals surface area contributed by atoms with Gasteiger partial charge in [-0.3, -0.25) is 4.79 Å². The largest absolute Gasteiger partial charge is 0.342 e. The number of thiazole rings is 1. The Morgan fingerprint density at radius 2 is 2.14 bits per heavy atom. The van der Waals surface area contributed by atoms with Crippen LogP contribution in [0.5, 0.6) is 0 Å². The van der Waals surface area contributed by atoms with Crippen LogP contribution in [-0.4, -0.2) is 28.9 Å². The summed E-state index contributed by atoms with van der Waals surface area (Å²) < 4.78 is 2.14. The molecule has 144 valence electrons. The van der Waals surface area contributed by atoms with E-state index >= 15 is 0 Å². The number of fused-ring (bicyclic) bond motifs is 4. The highest BCUT2D eigenvalue weighted by molar-refractivity contribution is 8.01. The highest BCUT2D eigenvalue weighted by atomic mass is 35.5. The first-order valence-electron chi connectivity index (χ1n) is 9.58. The maximum atomic E-state index is 12.2. The van der Waals surface area contributed by atoms with Gasteiger partial charge in [0.25, 0.3) is 0 Å². The predicted octanol–water partition coefficient (Wildman–Crippen LogP) is 5.93. The Morgan fingerprint density at radius 1 is 1.29 bits per heavy atom.